The molecule has 14 heavy (non-hydrogen) atoms. The zero-order chi connectivity index (χ0) is 10.6. The Morgan fingerprint density at radius 3 is 2.86 bits per heavy atom. The summed E-state index contributed by atoms with van der Waals surface area (Å²) in [6.45, 7) is 3.47. The van der Waals surface area contributed by atoms with Gasteiger partial charge in [0, 0.05) is 6.07 Å². The number of nitrogens with one attached hydrogen (secondary N) is 1. The second-order valence-corrected chi connectivity index (χ2v) is 2.51. The molecule has 0 aliphatic rings. The molecule has 76 valence electrons. The zero-order valence-electron chi connectivity index (χ0n) is 7.86. The predicted octanol–water partition coefficient (Wildman–Crippen LogP) is 0.485. The van der Waals surface area contributed by atoms with Crippen molar-refractivity contribution in [3.63, 3.8) is 0 Å². The topological polar surface area (TPSA) is 81.4 Å². The highest BCUT2D eigenvalue weighted by atomic mass is 16.5. The van der Waals surface area contributed by atoms with E-state index in [-0.39, 0.29) is 12.5 Å². The third-order valence-electron chi connectivity index (χ3n) is 1.33. The van der Waals surface area contributed by atoms with Crippen molar-refractivity contribution in [1.82, 2.24) is 5.16 Å². The van der Waals surface area contributed by atoms with Gasteiger partial charge in [0.2, 0.25) is 5.88 Å². The first kappa shape index (κ1) is 10.2. The van der Waals surface area contributed by atoms with Gasteiger partial charge in [-0.05, 0) is 13.8 Å². The van der Waals surface area contributed by atoms with Crippen LogP contribution >= 0.6 is 0 Å². The zero-order valence-corrected chi connectivity index (χ0v) is 7.86. The van der Waals surface area contributed by atoms with Crippen molar-refractivity contribution in [2.24, 2.45) is 0 Å². The Hall–Kier alpha value is -1.85. The molecule has 1 rings (SSSR count). The van der Waals surface area contributed by atoms with Gasteiger partial charge in [-0.1, -0.05) is 5.16 Å². The van der Waals surface area contributed by atoms with Gasteiger partial charge in [0.05, 0.1) is 12.3 Å². The van der Waals surface area contributed by atoms with Gasteiger partial charge in [-0.3, -0.25) is 10.1 Å². The van der Waals surface area contributed by atoms with Gasteiger partial charge in [0.25, 0.3) is 0 Å². The van der Waals surface area contributed by atoms with Crippen molar-refractivity contribution in [3.8, 4) is 0 Å². The molecule has 6 nitrogen and oxygen atoms in total. The van der Waals surface area contributed by atoms with Gasteiger partial charge in [-0.25, -0.2) is 4.79 Å². The lowest BCUT2D eigenvalue weighted by molar-refractivity contribution is -0.152. The largest absolute Gasteiger partial charge is 0.459 e. The van der Waals surface area contributed by atoms with Crippen LogP contribution in [0.2, 0.25) is 0 Å². The average molecular weight is 198 g/mol. The standard InChI is InChI=1S/C8H10N2O4/c1-3-13-8(12)7(11)9-6-4-5(2)10-14-6/h4H,3H2,1-2H3,(H,9,11). The molecule has 0 aliphatic carbocycles. The van der Waals surface area contributed by atoms with Crippen LogP contribution in [0.15, 0.2) is 10.6 Å². The third-order valence-corrected chi connectivity index (χ3v) is 1.33. The van der Waals surface area contributed by atoms with E-state index in [4.69, 9.17) is 0 Å². The van der Waals surface area contributed by atoms with Crippen LogP contribution < -0.4 is 5.32 Å². The summed E-state index contributed by atoms with van der Waals surface area (Å²) in [5.41, 5.74) is 0.615. The molecule has 6 heteroatoms. The van der Waals surface area contributed by atoms with Crippen LogP contribution in [0.4, 0.5) is 5.88 Å². The number of esters is 1. The molecule has 0 spiro atoms. The average Bonchev–Trinajstić information content (AvgIpc) is 2.51. The number of nitrogens with zero attached hydrogens (tertiary/aromatic N) is 1. The van der Waals surface area contributed by atoms with E-state index in [1.807, 2.05) is 0 Å². The summed E-state index contributed by atoms with van der Waals surface area (Å²) < 4.78 is 9.14. The highest BCUT2D eigenvalue weighted by Gasteiger charge is 2.16. The van der Waals surface area contributed by atoms with Gasteiger partial charge >= 0.3 is 11.9 Å². The Labute approximate surface area is 80.2 Å². The third kappa shape index (κ3) is 2.58. The Bertz CT molecular complexity index is 345. The smallest absolute Gasteiger partial charge is 0.397 e. The molecule has 0 aliphatic heterocycles. The first-order valence-electron chi connectivity index (χ1n) is 4.05. The summed E-state index contributed by atoms with van der Waals surface area (Å²) in [4.78, 5) is 21.9. The summed E-state index contributed by atoms with van der Waals surface area (Å²) in [5.74, 6) is -1.69. The lowest BCUT2D eigenvalue weighted by Crippen LogP contribution is -2.24. The van der Waals surface area contributed by atoms with E-state index >= 15 is 0 Å². The van der Waals surface area contributed by atoms with Crippen molar-refractivity contribution in [1.29, 1.82) is 0 Å². The Morgan fingerprint density at radius 1 is 1.64 bits per heavy atom. The molecule has 0 bridgehead atoms. The second kappa shape index (κ2) is 4.40. The molecular formula is C8H10N2O4. The minimum absolute atomic E-state index is 0.126. The number of amides is 1. The number of carbonyl (C=O) groups is 2. The molecule has 0 fully saturated rings. The molecule has 0 atom stereocenters. The molecule has 1 N–H and O–H groups in total. The predicted molar refractivity (Wildman–Crippen MR) is 46.5 cm³/mol. The molecule has 1 amide bonds. The number of aryl methyl sites for hydroxylation is 1. The maximum atomic E-state index is 11.0. The fraction of sp³-hybridized carbons (Fsp3) is 0.375. The van der Waals surface area contributed by atoms with Gasteiger partial charge < -0.3 is 9.26 Å². The van der Waals surface area contributed by atoms with Crippen LogP contribution in [-0.2, 0) is 14.3 Å². The summed E-state index contributed by atoms with van der Waals surface area (Å²) >= 11 is 0. The monoisotopic (exact) mass is 198 g/mol. The maximum Gasteiger partial charge on any atom is 0.397 e. The molecule has 0 radical (unpaired) electrons. The summed E-state index contributed by atoms with van der Waals surface area (Å²) in [5, 5.41) is 5.74. The lowest BCUT2D eigenvalue weighted by Gasteiger charge is -1.99. The summed E-state index contributed by atoms with van der Waals surface area (Å²) in [7, 11) is 0. The molecule has 1 aromatic heterocycles. The van der Waals surface area contributed by atoms with Crippen molar-refractivity contribution >= 4 is 17.8 Å². The number of anilines is 1. The van der Waals surface area contributed by atoms with Gasteiger partial charge in [0.1, 0.15) is 0 Å². The van der Waals surface area contributed by atoms with Crippen LogP contribution in [0.25, 0.3) is 0 Å². The molecule has 0 aromatic carbocycles. The number of carbonyl (C=O) groups excluding carboxylic acids is 2. The first-order valence-corrected chi connectivity index (χ1v) is 4.05. The fourth-order valence-electron chi connectivity index (χ4n) is 0.782. The van der Waals surface area contributed by atoms with Crippen molar-refractivity contribution in [2.75, 3.05) is 11.9 Å². The van der Waals surface area contributed by atoms with Crippen molar-refractivity contribution in [3.05, 3.63) is 11.8 Å². The number of hydrogen-bond acceptors (Lipinski definition) is 5. The Balaban J connectivity index is 2.53. The summed E-state index contributed by atoms with van der Waals surface area (Å²) in [6.07, 6.45) is 0. The first-order chi connectivity index (χ1) is 6.63. The SMILES string of the molecule is CCOC(=O)C(=O)Nc1cc(C)no1. The Kier molecular flexibility index (Phi) is 3.22. The van der Waals surface area contributed by atoms with Crippen molar-refractivity contribution < 1.29 is 18.8 Å². The van der Waals surface area contributed by atoms with Gasteiger partial charge in [0.15, 0.2) is 0 Å². The number of hydrogen-bond donors (Lipinski definition) is 1. The van der Waals surface area contributed by atoms with E-state index in [2.05, 4.69) is 19.7 Å². The minimum Gasteiger partial charge on any atom is -0.459 e. The Morgan fingerprint density at radius 2 is 2.36 bits per heavy atom. The fourth-order valence-corrected chi connectivity index (χ4v) is 0.782. The van der Waals surface area contributed by atoms with Crippen LogP contribution in [0.1, 0.15) is 12.6 Å². The van der Waals surface area contributed by atoms with E-state index < -0.39 is 11.9 Å². The maximum absolute atomic E-state index is 11.0. The number of rotatable bonds is 2. The van der Waals surface area contributed by atoms with E-state index in [0.717, 1.165) is 0 Å². The van der Waals surface area contributed by atoms with E-state index in [0.29, 0.717) is 5.69 Å². The lowest BCUT2D eigenvalue weighted by atomic mass is 10.4. The highest BCUT2D eigenvalue weighted by Crippen LogP contribution is 2.07. The van der Waals surface area contributed by atoms with E-state index in [9.17, 15) is 9.59 Å². The molecule has 0 saturated carbocycles. The van der Waals surface area contributed by atoms with Gasteiger partial charge in [-0.2, -0.15) is 0 Å². The van der Waals surface area contributed by atoms with Crippen LogP contribution in [0, 0.1) is 6.92 Å². The molecule has 0 saturated heterocycles. The molecule has 1 heterocycles. The summed E-state index contributed by atoms with van der Waals surface area (Å²) in [6, 6.07) is 1.50. The van der Waals surface area contributed by atoms with Crippen LogP contribution in [0.5, 0.6) is 0 Å². The molecule has 0 unspecified atom stereocenters. The minimum atomic E-state index is -0.943. The second-order valence-electron chi connectivity index (χ2n) is 2.51. The quantitative estimate of drug-likeness (QED) is 0.552. The van der Waals surface area contributed by atoms with E-state index in [1.165, 1.54) is 6.07 Å². The van der Waals surface area contributed by atoms with Gasteiger partial charge in [-0.15, -0.1) is 0 Å². The van der Waals surface area contributed by atoms with Crippen LogP contribution in [-0.4, -0.2) is 23.6 Å². The van der Waals surface area contributed by atoms with Crippen molar-refractivity contribution in [2.45, 2.75) is 13.8 Å². The van der Waals surface area contributed by atoms with E-state index in [1.54, 1.807) is 13.8 Å². The number of aromatic nitrogens is 1. The highest BCUT2D eigenvalue weighted by molar-refractivity contribution is 6.37. The number of ether oxygens (including phenoxy) is 1. The molecular weight excluding hydrogens is 188 g/mol. The normalized spacial score (nSPS) is 9.57. The van der Waals surface area contributed by atoms with Crippen LogP contribution in [0.3, 0.4) is 0 Å². The molecule has 1 aromatic rings.